The Balaban J connectivity index is 1.59. The highest BCUT2D eigenvalue weighted by Gasteiger charge is 2.15. The minimum absolute atomic E-state index is 0.0594. The van der Waals surface area contributed by atoms with Crippen molar-refractivity contribution >= 4 is 35.0 Å². The molecule has 2 amide bonds. The van der Waals surface area contributed by atoms with E-state index in [4.69, 9.17) is 9.47 Å². The van der Waals surface area contributed by atoms with Crippen molar-refractivity contribution in [2.75, 3.05) is 24.9 Å². The van der Waals surface area contributed by atoms with Crippen LogP contribution >= 0.6 is 11.8 Å². The van der Waals surface area contributed by atoms with Gasteiger partial charge in [0, 0.05) is 21.8 Å². The van der Waals surface area contributed by atoms with Crippen molar-refractivity contribution in [2.45, 2.75) is 30.9 Å². The molecule has 0 bridgehead atoms. The maximum Gasteiger partial charge on any atom is 0.255 e. The van der Waals surface area contributed by atoms with Gasteiger partial charge in [0.15, 0.2) is 11.5 Å². The molecule has 0 radical (unpaired) electrons. The Morgan fingerprint density at radius 3 is 2.03 bits per heavy atom. The van der Waals surface area contributed by atoms with Crippen LogP contribution in [0, 0.1) is 13.8 Å². The van der Waals surface area contributed by atoms with Crippen LogP contribution in [-0.4, -0.2) is 31.3 Å². The lowest BCUT2D eigenvalue weighted by molar-refractivity contribution is -0.115. The smallest absolute Gasteiger partial charge is 0.255 e. The van der Waals surface area contributed by atoms with Crippen LogP contribution < -0.4 is 20.1 Å². The van der Waals surface area contributed by atoms with Crippen LogP contribution in [0.3, 0.4) is 0 Å². The fraction of sp³-hybridized carbons (Fsp3) is 0.231. The number of thioether (sulfide) groups is 1. The van der Waals surface area contributed by atoms with Gasteiger partial charge in [0.1, 0.15) is 0 Å². The molecule has 3 aromatic rings. The maximum atomic E-state index is 12.6. The van der Waals surface area contributed by atoms with Gasteiger partial charge in [-0.3, -0.25) is 9.59 Å². The second kappa shape index (κ2) is 10.9. The first-order chi connectivity index (χ1) is 15.8. The second-order valence-electron chi connectivity index (χ2n) is 7.67. The van der Waals surface area contributed by atoms with Gasteiger partial charge in [-0.2, -0.15) is 0 Å². The first kappa shape index (κ1) is 24.2. The van der Waals surface area contributed by atoms with Crippen molar-refractivity contribution in [1.29, 1.82) is 0 Å². The summed E-state index contributed by atoms with van der Waals surface area (Å²) in [6, 6.07) is 18.4. The number of carbonyl (C=O) groups is 2. The molecule has 3 rings (SSSR count). The SMILES string of the molecule is COc1ccc(C(=O)Nc2ccc(SC(C)C(=O)Nc3cc(C)cc(C)c3)cc2)cc1OC. The first-order valence-corrected chi connectivity index (χ1v) is 11.4. The normalized spacial score (nSPS) is 11.4. The lowest BCUT2D eigenvalue weighted by atomic mass is 10.1. The molecule has 0 aliphatic carbocycles. The van der Waals surface area contributed by atoms with Gasteiger partial charge < -0.3 is 20.1 Å². The molecule has 0 aliphatic rings. The zero-order valence-electron chi connectivity index (χ0n) is 19.4. The summed E-state index contributed by atoms with van der Waals surface area (Å²) in [6.07, 6.45) is 0. The van der Waals surface area contributed by atoms with Crippen LogP contribution in [0.5, 0.6) is 11.5 Å². The summed E-state index contributed by atoms with van der Waals surface area (Å²) in [6.45, 7) is 5.88. The van der Waals surface area contributed by atoms with Gasteiger partial charge in [-0.15, -0.1) is 11.8 Å². The van der Waals surface area contributed by atoms with Crippen molar-refractivity contribution in [3.05, 3.63) is 77.4 Å². The molecule has 0 saturated carbocycles. The third-order valence-electron chi connectivity index (χ3n) is 4.93. The Labute approximate surface area is 198 Å². The van der Waals surface area contributed by atoms with Crippen LogP contribution in [0.2, 0.25) is 0 Å². The third-order valence-corrected chi connectivity index (χ3v) is 6.04. The van der Waals surface area contributed by atoms with Gasteiger partial charge in [0.05, 0.1) is 19.5 Å². The molecule has 6 nitrogen and oxygen atoms in total. The average molecular weight is 465 g/mol. The van der Waals surface area contributed by atoms with E-state index in [-0.39, 0.29) is 17.1 Å². The molecule has 0 heterocycles. The van der Waals surface area contributed by atoms with E-state index in [1.165, 1.54) is 18.9 Å². The highest BCUT2D eigenvalue weighted by molar-refractivity contribution is 8.00. The van der Waals surface area contributed by atoms with Gasteiger partial charge in [-0.05, 0) is 86.5 Å². The highest BCUT2D eigenvalue weighted by atomic mass is 32.2. The lowest BCUT2D eigenvalue weighted by Gasteiger charge is -2.14. The number of anilines is 2. The summed E-state index contributed by atoms with van der Waals surface area (Å²) >= 11 is 1.46. The number of methoxy groups -OCH3 is 2. The fourth-order valence-electron chi connectivity index (χ4n) is 3.35. The number of ether oxygens (including phenoxy) is 2. The molecule has 0 fully saturated rings. The van der Waals surface area contributed by atoms with Gasteiger partial charge in [0.25, 0.3) is 5.91 Å². The van der Waals surface area contributed by atoms with Crippen LogP contribution in [0.15, 0.2) is 65.6 Å². The number of amides is 2. The number of benzene rings is 3. The molecule has 1 atom stereocenters. The minimum atomic E-state index is -0.280. The van der Waals surface area contributed by atoms with E-state index >= 15 is 0 Å². The summed E-state index contributed by atoms with van der Waals surface area (Å²) in [4.78, 5) is 26.1. The number of aryl methyl sites for hydroxylation is 2. The van der Waals surface area contributed by atoms with Crippen LogP contribution in [0.25, 0.3) is 0 Å². The molecular weight excluding hydrogens is 436 g/mol. The zero-order valence-corrected chi connectivity index (χ0v) is 20.2. The Morgan fingerprint density at radius 1 is 0.788 bits per heavy atom. The van der Waals surface area contributed by atoms with Gasteiger partial charge in [-0.25, -0.2) is 0 Å². The van der Waals surface area contributed by atoms with E-state index in [2.05, 4.69) is 16.7 Å². The maximum absolute atomic E-state index is 12.6. The number of hydrogen-bond donors (Lipinski definition) is 2. The van der Waals surface area contributed by atoms with Gasteiger partial charge in [0.2, 0.25) is 5.91 Å². The van der Waals surface area contributed by atoms with Crippen LogP contribution in [0.4, 0.5) is 11.4 Å². The summed E-state index contributed by atoms with van der Waals surface area (Å²) in [5, 5.41) is 5.57. The summed E-state index contributed by atoms with van der Waals surface area (Å²) in [5.74, 6) is 0.740. The average Bonchev–Trinajstić information content (AvgIpc) is 2.79. The van der Waals surface area contributed by atoms with E-state index in [1.807, 2.05) is 57.2 Å². The standard InChI is InChI=1S/C26H28N2O4S/c1-16-12-17(2)14-21(13-16)28-25(29)18(3)33-22-9-7-20(8-10-22)27-26(30)19-6-11-23(31-4)24(15-19)32-5/h6-15,18H,1-5H3,(H,27,30)(H,28,29). The number of nitrogens with one attached hydrogen (secondary N) is 2. The number of hydrogen-bond acceptors (Lipinski definition) is 5. The van der Waals surface area contributed by atoms with Gasteiger partial charge in [-0.1, -0.05) is 6.07 Å². The molecule has 7 heteroatoms. The van der Waals surface area contributed by atoms with E-state index in [1.54, 1.807) is 25.3 Å². The molecule has 0 spiro atoms. The highest BCUT2D eigenvalue weighted by Crippen LogP contribution is 2.29. The molecule has 33 heavy (non-hydrogen) atoms. The Hall–Kier alpha value is -3.45. The van der Waals surface area contributed by atoms with Gasteiger partial charge >= 0.3 is 0 Å². The molecule has 3 aromatic carbocycles. The summed E-state index contributed by atoms with van der Waals surface area (Å²) in [5.41, 5.74) is 4.14. The second-order valence-corrected chi connectivity index (χ2v) is 9.09. The fourth-order valence-corrected chi connectivity index (χ4v) is 4.21. The van der Waals surface area contributed by atoms with E-state index < -0.39 is 0 Å². The largest absolute Gasteiger partial charge is 0.493 e. The Morgan fingerprint density at radius 2 is 1.42 bits per heavy atom. The zero-order chi connectivity index (χ0) is 24.0. The van der Waals surface area contributed by atoms with Crippen molar-refractivity contribution < 1.29 is 19.1 Å². The van der Waals surface area contributed by atoms with E-state index in [9.17, 15) is 9.59 Å². The molecular formula is C26H28N2O4S. The molecule has 1 unspecified atom stereocenters. The van der Waals surface area contributed by atoms with Crippen molar-refractivity contribution in [3.8, 4) is 11.5 Å². The van der Waals surface area contributed by atoms with Crippen molar-refractivity contribution in [3.63, 3.8) is 0 Å². The van der Waals surface area contributed by atoms with E-state index in [0.717, 1.165) is 21.7 Å². The molecule has 2 N–H and O–H groups in total. The predicted molar refractivity (Wildman–Crippen MR) is 134 cm³/mol. The third kappa shape index (κ3) is 6.52. The molecule has 0 aromatic heterocycles. The predicted octanol–water partition coefficient (Wildman–Crippen LogP) is 5.69. The minimum Gasteiger partial charge on any atom is -0.493 e. The Kier molecular flexibility index (Phi) is 8.01. The van der Waals surface area contributed by atoms with Crippen molar-refractivity contribution in [2.24, 2.45) is 0 Å². The lowest BCUT2D eigenvalue weighted by Crippen LogP contribution is -2.22. The monoisotopic (exact) mass is 464 g/mol. The van der Waals surface area contributed by atoms with E-state index in [0.29, 0.717) is 22.7 Å². The summed E-state index contributed by atoms with van der Waals surface area (Å²) in [7, 11) is 3.07. The topological polar surface area (TPSA) is 76.7 Å². The quantitative estimate of drug-likeness (QED) is 0.419. The number of carbonyl (C=O) groups excluding carboxylic acids is 2. The summed E-state index contributed by atoms with van der Waals surface area (Å²) < 4.78 is 10.5. The Bertz CT molecular complexity index is 1130. The molecule has 0 saturated heterocycles. The van der Waals surface area contributed by atoms with Crippen LogP contribution in [0.1, 0.15) is 28.4 Å². The first-order valence-electron chi connectivity index (χ1n) is 10.5. The number of rotatable bonds is 8. The molecule has 0 aliphatic heterocycles. The van der Waals surface area contributed by atoms with Crippen molar-refractivity contribution in [1.82, 2.24) is 0 Å². The molecule has 172 valence electrons. The van der Waals surface area contributed by atoms with Crippen LogP contribution in [-0.2, 0) is 4.79 Å².